The lowest BCUT2D eigenvalue weighted by Crippen LogP contribution is -2.15. The lowest BCUT2D eigenvalue weighted by Gasteiger charge is -2.11. The number of hydrogen-bond donors (Lipinski definition) is 1. The topological polar surface area (TPSA) is 100 Å². The highest BCUT2D eigenvalue weighted by atomic mass is 32.2. The largest absolute Gasteiger partial charge is 0.497 e. The SMILES string of the molecule is COc1ccc(-n2nnnc2SCC(=O)Nc2ccccc2OC)c(OC)c1. The smallest absolute Gasteiger partial charge is 0.234 e. The molecular weight excluding hydrogens is 382 g/mol. The number of para-hydroxylation sites is 2. The fraction of sp³-hybridized carbons (Fsp3) is 0.222. The second-order valence-corrected chi connectivity index (χ2v) is 6.39. The van der Waals surface area contributed by atoms with Crippen LogP contribution in [0.5, 0.6) is 17.2 Å². The van der Waals surface area contributed by atoms with Crippen molar-refractivity contribution in [2.75, 3.05) is 32.4 Å². The third kappa shape index (κ3) is 4.34. The van der Waals surface area contributed by atoms with E-state index in [1.807, 2.05) is 12.1 Å². The van der Waals surface area contributed by atoms with Crippen LogP contribution >= 0.6 is 11.8 Å². The van der Waals surface area contributed by atoms with Crippen LogP contribution in [0.3, 0.4) is 0 Å². The fourth-order valence-electron chi connectivity index (χ4n) is 2.44. The maximum Gasteiger partial charge on any atom is 0.234 e. The molecule has 0 atom stereocenters. The molecule has 3 aromatic rings. The zero-order chi connectivity index (χ0) is 19.9. The van der Waals surface area contributed by atoms with E-state index in [2.05, 4.69) is 20.8 Å². The molecule has 0 aliphatic rings. The second-order valence-electron chi connectivity index (χ2n) is 5.45. The Labute approximate surface area is 166 Å². The van der Waals surface area contributed by atoms with E-state index >= 15 is 0 Å². The number of carbonyl (C=O) groups is 1. The van der Waals surface area contributed by atoms with Crippen molar-refractivity contribution in [1.82, 2.24) is 20.2 Å². The summed E-state index contributed by atoms with van der Waals surface area (Å²) in [5.74, 6) is 1.71. The Balaban J connectivity index is 1.72. The Hall–Kier alpha value is -3.27. The molecule has 9 nitrogen and oxygen atoms in total. The summed E-state index contributed by atoms with van der Waals surface area (Å²) in [5.41, 5.74) is 1.24. The first-order valence-corrected chi connectivity index (χ1v) is 9.21. The number of benzene rings is 2. The molecule has 1 aromatic heterocycles. The Morgan fingerprint density at radius 3 is 2.61 bits per heavy atom. The Morgan fingerprint density at radius 2 is 1.86 bits per heavy atom. The minimum Gasteiger partial charge on any atom is -0.497 e. The van der Waals surface area contributed by atoms with Crippen LogP contribution in [0.2, 0.25) is 0 Å². The van der Waals surface area contributed by atoms with Gasteiger partial charge in [0.15, 0.2) is 0 Å². The van der Waals surface area contributed by atoms with Gasteiger partial charge in [0.2, 0.25) is 11.1 Å². The van der Waals surface area contributed by atoms with E-state index in [1.54, 1.807) is 51.7 Å². The number of ether oxygens (including phenoxy) is 3. The summed E-state index contributed by atoms with van der Waals surface area (Å²) in [5, 5.41) is 15.0. The Bertz CT molecular complexity index is 963. The van der Waals surface area contributed by atoms with Gasteiger partial charge in [-0.1, -0.05) is 23.9 Å². The minimum atomic E-state index is -0.203. The van der Waals surface area contributed by atoms with Gasteiger partial charge in [-0.05, 0) is 34.7 Å². The predicted octanol–water partition coefficient (Wildman–Crippen LogP) is 2.42. The van der Waals surface area contributed by atoms with Crippen LogP contribution in [-0.2, 0) is 4.79 Å². The number of rotatable bonds is 8. The molecule has 10 heteroatoms. The van der Waals surface area contributed by atoms with Crippen molar-refractivity contribution in [2.24, 2.45) is 0 Å². The number of tetrazole rings is 1. The highest BCUT2D eigenvalue weighted by Crippen LogP contribution is 2.30. The molecule has 0 spiro atoms. The molecule has 3 rings (SSSR count). The van der Waals surface area contributed by atoms with Crippen molar-refractivity contribution in [3.05, 3.63) is 42.5 Å². The maximum atomic E-state index is 12.3. The normalized spacial score (nSPS) is 10.4. The summed E-state index contributed by atoms with van der Waals surface area (Å²) in [4.78, 5) is 12.3. The quantitative estimate of drug-likeness (QED) is 0.575. The first-order valence-electron chi connectivity index (χ1n) is 8.22. The molecule has 1 amide bonds. The van der Waals surface area contributed by atoms with Crippen molar-refractivity contribution < 1.29 is 19.0 Å². The van der Waals surface area contributed by atoms with E-state index in [1.165, 1.54) is 16.4 Å². The fourth-order valence-corrected chi connectivity index (χ4v) is 3.13. The molecule has 0 bridgehead atoms. The number of aromatic nitrogens is 4. The number of methoxy groups -OCH3 is 3. The van der Waals surface area contributed by atoms with Crippen LogP contribution in [0.25, 0.3) is 5.69 Å². The molecule has 0 aliphatic heterocycles. The van der Waals surface area contributed by atoms with Crippen LogP contribution in [0, 0.1) is 0 Å². The van der Waals surface area contributed by atoms with Crippen molar-refractivity contribution in [3.8, 4) is 22.9 Å². The number of thioether (sulfide) groups is 1. The molecule has 146 valence electrons. The number of nitrogens with one attached hydrogen (secondary N) is 1. The molecular formula is C18H19N5O4S. The van der Waals surface area contributed by atoms with E-state index in [9.17, 15) is 4.79 Å². The Kier molecular flexibility index (Phi) is 6.33. The third-order valence-corrected chi connectivity index (χ3v) is 4.69. The minimum absolute atomic E-state index is 0.122. The molecule has 28 heavy (non-hydrogen) atoms. The van der Waals surface area contributed by atoms with E-state index in [-0.39, 0.29) is 11.7 Å². The molecule has 1 N–H and O–H groups in total. The van der Waals surface area contributed by atoms with Crippen molar-refractivity contribution in [1.29, 1.82) is 0 Å². The van der Waals surface area contributed by atoms with Gasteiger partial charge in [0.25, 0.3) is 0 Å². The van der Waals surface area contributed by atoms with Crippen molar-refractivity contribution in [2.45, 2.75) is 5.16 Å². The second kappa shape index (κ2) is 9.09. The molecule has 1 heterocycles. The third-order valence-electron chi connectivity index (χ3n) is 3.77. The summed E-state index contributed by atoms with van der Waals surface area (Å²) in [6.07, 6.45) is 0. The van der Waals surface area contributed by atoms with Gasteiger partial charge >= 0.3 is 0 Å². The molecule has 0 radical (unpaired) electrons. The van der Waals surface area contributed by atoms with Gasteiger partial charge in [0.05, 0.1) is 32.8 Å². The molecule has 0 aliphatic carbocycles. The number of nitrogens with zero attached hydrogens (tertiary/aromatic N) is 4. The highest BCUT2D eigenvalue weighted by molar-refractivity contribution is 7.99. The lowest BCUT2D eigenvalue weighted by atomic mass is 10.3. The van der Waals surface area contributed by atoms with Crippen LogP contribution in [0.4, 0.5) is 5.69 Å². The Morgan fingerprint density at radius 1 is 1.07 bits per heavy atom. The van der Waals surface area contributed by atoms with Crippen LogP contribution in [0.1, 0.15) is 0 Å². The first-order chi connectivity index (χ1) is 13.7. The van der Waals surface area contributed by atoms with Crippen LogP contribution in [0.15, 0.2) is 47.6 Å². The van der Waals surface area contributed by atoms with Crippen LogP contribution in [-0.4, -0.2) is 53.2 Å². The van der Waals surface area contributed by atoms with Gasteiger partial charge in [-0.15, -0.1) is 5.10 Å². The first kappa shape index (κ1) is 19.5. The highest BCUT2D eigenvalue weighted by Gasteiger charge is 2.16. The summed E-state index contributed by atoms with van der Waals surface area (Å²) in [6.45, 7) is 0. The summed E-state index contributed by atoms with van der Waals surface area (Å²) >= 11 is 1.21. The maximum absolute atomic E-state index is 12.3. The number of anilines is 1. The molecule has 0 saturated heterocycles. The van der Waals surface area contributed by atoms with Crippen molar-refractivity contribution >= 4 is 23.4 Å². The van der Waals surface area contributed by atoms with E-state index in [0.29, 0.717) is 33.8 Å². The molecule has 2 aromatic carbocycles. The van der Waals surface area contributed by atoms with Crippen LogP contribution < -0.4 is 19.5 Å². The van der Waals surface area contributed by atoms with E-state index in [4.69, 9.17) is 14.2 Å². The van der Waals surface area contributed by atoms with Gasteiger partial charge in [0, 0.05) is 6.07 Å². The lowest BCUT2D eigenvalue weighted by molar-refractivity contribution is -0.113. The monoisotopic (exact) mass is 401 g/mol. The van der Waals surface area contributed by atoms with Gasteiger partial charge in [-0.2, -0.15) is 4.68 Å². The molecule has 0 fully saturated rings. The van der Waals surface area contributed by atoms with E-state index in [0.717, 1.165) is 0 Å². The van der Waals surface area contributed by atoms with E-state index < -0.39 is 0 Å². The number of hydrogen-bond acceptors (Lipinski definition) is 8. The molecule has 0 unspecified atom stereocenters. The zero-order valence-electron chi connectivity index (χ0n) is 15.6. The van der Waals surface area contributed by atoms with Gasteiger partial charge in [0.1, 0.15) is 22.9 Å². The zero-order valence-corrected chi connectivity index (χ0v) is 16.4. The molecule has 0 saturated carbocycles. The average Bonchev–Trinajstić information content (AvgIpc) is 3.20. The average molecular weight is 401 g/mol. The standard InChI is InChI=1S/C18H19N5O4S/c1-25-12-8-9-14(16(10-12)27-3)23-18(20-21-22-23)28-11-17(24)19-13-6-4-5-7-15(13)26-2/h4-10H,11H2,1-3H3,(H,19,24). The number of carbonyl (C=O) groups excluding carboxylic acids is 1. The van der Waals surface area contributed by atoms with Gasteiger partial charge in [-0.3, -0.25) is 4.79 Å². The predicted molar refractivity (Wildman–Crippen MR) is 105 cm³/mol. The van der Waals surface area contributed by atoms with Gasteiger partial charge < -0.3 is 19.5 Å². The van der Waals surface area contributed by atoms with Crippen molar-refractivity contribution in [3.63, 3.8) is 0 Å². The number of amides is 1. The summed E-state index contributed by atoms with van der Waals surface area (Å²) < 4.78 is 17.4. The van der Waals surface area contributed by atoms with Gasteiger partial charge in [-0.25, -0.2) is 0 Å². The summed E-state index contributed by atoms with van der Waals surface area (Å²) in [6, 6.07) is 12.5. The summed E-state index contributed by atoms with van der Waals surface area (Å²) in [7, 11) is 4.68.